The Morgan fingerprint density at radius 1 is 1.35 bits per heavy atom. The van der Waals surface area contributed by atoms with E-state index in [1.54, 1.807) is 0 Å². The van der Waals surface area contributed by atoms with Crippen LogP contribution < -0.4 is 5.32 Å². The van der Waals surface area contributed by atoms with Crippen LogP contribution in [0.2, 0.25) is 0 Å². The molecule has 4 aliphatic rings. The Balaban J connectivity index is 1.48. The highest BCUT2D eigenvalue weighted by atomic mass is 16.2. The van der Waals surface area contributed by atoms with E-state index >= 15 is 0 Å². The lowest BCUT2D eigenvalue weighted by atomic mass is 9.78. The number of carbonyl (C=O) groups is 1. The van der Waals surface area contributed by atoms with Gasteiger partial charge in [-0.25, -0.2) is 0 Å². The number of nitrogens with zero attached hydrogens (tertiary/aromatic N) is 2. The van der Waals surface area contributed by atoms with E-state index in [9.17, 15) is 4.79 Å². The minimum absolute atomic E-state index is 0.0177. The molecule has 3 atom stereocenters. The van der Waals surface area contributed by atoms with E-state index in [2.05, 4.69) is 22.4 Å². The first-order chi connectivity index (χ1) is 8.16. The maximum atomic E-state index is 12.2. The van der Waals surface area contributed by atoms with Gasteiger partial charge in [0.05, 0.1) is 5.71 Å². The number of rotatable bonds is 2. The number of carbonyl (C=O) groups excluding carboxylic acids is 1. The molecule has 17 heavy (non-hydrogen) atoms. The number of nitrogens with one attached hydrogen (secondary N) is 1. The number of amides is 1. The largest absolute Gasteiger partial charge is 0.346 e. The number of hydrogen-bond acceptors (Lipinski definition) is 3. The van der Waals surface area contributed by atoms with E-state index in [1.807, 2.05) is 0 Å². The molecule has 3 fully saturated rings. The van der Waals surface area contributed by atoms with Crippen molar-refractivity contribution in [2.75, 3.05) is 0 Å². The van der Waals surface area contributed by atoms with Crippen molar-refractivity contribution in [2.45, 2.75) is 44.6 Å². The zero-order valence-electron chi connectivity index (χ0n) is 10.1. The lowest BCUT2D eigenvalue weighted by Crippen LogP contribution is -2.53. The van der Waals surface area contributed by atoms with Crippen molar-refractivity contribution in [3.8, 4) is 0 Å². The van der Waals surface area contributed by atoms with Crippen molar-refractivity contribution in [3.05, 3.63) is 0 Å². The Hall–Kier alpha value is -1.19. The second kappa shape index (κ2) is 2.98. The van der Waals surface area contributed by atoms with E-state index in [0.717, 1.165) is 25.2 Å². The van der Waals surface area contributed by atoms with Crippen LogP contribution in [0.1, 0.15) is 39.0 Å². The van der Waals surface area contributed by atoms with Crippen LogP contribution in [0.25, 0.3) is 0 Å². The molecule has 0 spiro atoms. The normalized spacial score (nSPS) is 39.7. The van der Waals surface area contributed by atoms with Gasteiger partial charge in [-0.1, -0.05) is 0 Å². The molecular weight excluding hydrogens is 214 g/mol. The molecule has 0 aromatic heterocycles. The maximum Gasteiger partial charge on any atom is 0.268 e. The Kier molecular flexibility index (Phi) is 1.72. The lowest BCUT2D eigenvalue weighted by molar-refractivity contribution is -0.117. The summed E-state index contributed by atoms with van der Waals surface area (Å²) in [7, 11) is 0. The molecule has 1 N–H and O–H groups in total. The Morgan fingerprint density at radius 3 is 2.88 bits per heavy atom. The van der Waals surface area contributed by atoms with Gasteiger partial charge in [-0.3, -0.25) is 4.79 Å². The standard InChI is InChI=1S/C13H17N3O/c1-13(3-2-4-13)14-12(17)11-9-6-7-5-8(7)10(9)15-16-11/h7-9H,2-6H2,1H3,(H,14,17). The van der Waals surface area contributed by atoms with Crippen molar-refractivity contribution in [1.29, 1.82) is 0 Å². The van der Waals surface area contributed by atoms with Gasteiger partial charge >= 0.3 is 0 Å². The minimum atomic E-state index is 0.0177. The molecule has 1 amide bonds. The van der Waals surface area contributed by atoms with Gasteiger partial charge in [-0.15, -0.1) is 5.10 Å². The van der Waals surface area contributed by atoms with Gasteiger partial charge < -0.3 is 5.32 Å². The average molecular weight is 231 g/mol. The van der Waals surface area contributed by atoms with E-state index in [1.165, 1.54) is 18.6 Å². The second-order valence-electron chi connectivity index (χ2n) is 6.27. The highest BCUT2D eigenvalue weighted by Gasteiger charge is 2.55. The predicted molar refractivity (Wildman–Crippen MR) is 65.0 cm³/mol. The number of hydrogen-bond donors (Lipinski definition) is 1. The molecule has 3 unspecified atom stereocenters. The highest BCUT2D eigenvalue weighted by molar-refractivity contribution is 6.45. The van der Waals surface area contributed by atoms with Crippen molar-refractivity contribution in [2.24, 2.45) is 28.0 Å². The van der Waals surface area contributed by atoms with E-state index < -0.39 is 0 Å². The van der Waals surface area contributed by atoms with Crippen LogP contribution in [0.4, 0.5) is 0 Å². The summed E-state index contributed by atoms with van der Waals surface area (Å²) in [5.74, 6) is 1.74. The first-order valence-corrected chi connectivity index (χ1v) is 6.64. The molecule has 4 nitrogen and oxygen atoms in total. The number of fused-ring (bicyclic) bond motifs is 3. The summed E-state index contributed by atoms with van der Waals surface area (Å²) in [6, 6.07) is 0. The molecule has 3 saturated carbocycles. The van der Waals surface area contributed by atoms with Crippen LogP contribution in [0, 0.1) is 17.8 Å². The summed E-state index contributed by atoms with van der Waals surface area (Å²) in [5.41, 5.74) is 1.89. The van der Waals surface area contributed by atoms with Crippen LogP contribution in [-0.4, -0.2) is 22.9 Å². The third-order valence-electron chi connectivity index (χ3n) is 4.91. The summed E-state index contributed by atoms with van der Waals surface area (Å²) in [5, 5.41) is 11.5. The van der Waals surface area contributed by atoms with E-state index in [-0.39, 0.29) is 17.4 Å². The predicted octanol–water partition coefficient (Wildman–Crippen LogP) is 1.51. The maximum absolute atomic E-state index is 12.2. The van der Waals surface area contributed by atoms with Gasteiger partial charge in [0, 0.05) is 17.4 Å². The van der Waals surface area contributed by atoms with Crippen LogP contribution in [0.15, 0.2) is 10.2 Å². The van der Waals surface area contributed by atoms with E-state index in [4.69, 9.17) is 0 Å². The van der Waals surface area contributed by atoms with Crippen LogP contribution in [0.3, 0.4) is 0 Å². The molecule has 0 aromatic carbocycles. The Morgan fingerprint density at radius 2 is 2.18 bits per heavy atom. The second-order valence-corrected chi connectivity index (χ2v) is 6.27. The highest BCUT2D eigenvalue weighted by Crippen LogP contribution is 2.54. The molecule has 3 aliphatic carbocycles. The minimum Gasteiger partial charge on any atom is -0.346 e. The van der Waals surface area contributed by atoms with Gasteiger partial charge in [-0.2, -0.15) is 5.10 Å². The quantitative estimate of drug-likeness (QED) is 0.769. The first-order valence-electron chi connectivity index (χ1n) is 6.64. The third-order valence-corrected chi connectivity index (χ3v) is 4.91. The molecule has 0 saturated heterocycles. The fourth-order valence-corrected chi connectivity index (χ4v) is 3.50. The van der Waals surface area contributed by atoms with Gasteiger partial charge in [0.15, 0.2) is 0 Å². The summed E-state index contributed by atoms with van der Waals surface area (Å²) in [6.45, 7) is 2.12. The van der Waals surface area contributed by atoms with Gasteiger partial charge in [0.2, 0.25) is 0 Å². The molecule has 4 rings (SSSR count). The summed E-state index contributed by atoms with van der Waals surface area (Å²) < 4.78 is 0. The monoisotopic (exact) mass is 231 g/mol. The summed E-state index contributed by atoms with van der Waals surface area (Å²) in [4.78, 5) is 12.2. The van der Waals surface area contributed by atoms with Crippen molar-refractivity contribution < 1.29 is 4.79 Å². The van der Waals surface area contributed by atoms with Crippen LogP contribution in [0.5, 0.6) is 0 Å². The third kappa shape index (κ3) is 1.33. The van der Waals surface area contributed by atoms with Crippen molar-refractivity contribution >= 4 is 17.3 Å². The summed E-state index contributed by atoms with van der Waals surface area (Å²) >= 11 is 0. The molecular formula is C13H17N3O. The van der Waals surface area contributed by atoms with Gasteiger partial charge in [0.25, 0.3) is 5.91 Å². The molecule has 90 valence electrons. The Labute approximate surface area is 101 Å². The molecule has 1 heterocycles. The first kappa shape index (κ1) is 9.80. The lowest BCUT2D eigenvalue weighted by Gasteiger charge is -2.39. The van der Waals surface area contributed by atoms with Gasteiger partial charge in [0.1, 0.15) is 5.71 Å². The van der Waals surface area contributed by atoms with Gasteiger partial charge in [-0.05, 0) is 44.9 Å². The molecule has 1 aliphatic heterocycles. The topological polar surface area (TPSA) is 53.8 Å². The van der Waals surface area contributed by atoms with Crippen molar-refractivity contribution in [1.82, 2.24) is 5.32 Å². The van der Waals surface area contributed by atoms with E-state index in [0.29, 0.717) is 11.6 Å². The molecule has 0 bridgehead atoms. The zero-order chi connectivity index (χ0) is 11.6. The Bertz CT molecular complexity index is 461. The smallest absolute Gasteiger partial charge is 0.268 e. The summed E-state index contributed by atoms with van der Waals surface area (Å²) in [6.07, 6.45) is 5.79. The fraction of sp³-hybridized carbons (Fsp3) is 0.769. The molecule has 4 heteroatoms. The molecule has 0 aromatic rings. The average Bonchev–Trinajstić information content (AvgIpc) is 2.73. The zero-order valence-corrected chi connectivity index (χ0v) is 10.1. The van der Waals surface area contributed by atoms with Crippen LogP contribution in [-0.2, 0) is 4.79 Å². The fourth-order valence-electron chi connectivity index (χ4n) is 3.50. The molecule has 0 radical (unpaired) electrons. The SMILES string of the molecule is CC1(NC(=O)C2=NN=C3C2CC2CC32)CCC1. The van der Waals surface area contributed by atoms with Crippen molar-refractivity contribution in [3.63, 3.8) is 0 Å². The van der Waals surface area contributed by atoms with Crippen LogP contribution >= 0.6 is 0 Å².